The summed E-state index contributed by atoms with van der Waals surface area (Å²) in [4.78, 5) is 38.9. The van der Waals surface area contributed by atoms with E-state index in [1.165, 1.54) is 23.1 Å². The molecule has 4 rings (SSSR count). The molecule has 1 aromatic heterocycles. The predicted octanol–water partition coefficient (Wildman–Crippen LogP) is 3.21. The Labute approximate surface area is 181 Å². The lowest BCUT2D eigenvalue weighted by Gasteiger charge is -2.22. The number of hydrogen-bond donors (Lipinski definition) is 2. The first kappa shape index (κ1) is 20.3. The van der Waals surface area contributed by atoms with Crippen LogP contribution in [0.3, 0.4) is 0 Å². The third-order valence-electron chi connectivity index (χ3n) is 4.82. The molecule has 0 spiro atoms. The van der Waals surface area contributed by atoms with Gasteiger partial charge in [-0.05, 0) is 35.1 Å². The van der Waals surface area contributed by atoms with Crippen molar-refractivity contribution < 1.29 is 14.4 Å². The fourth-order valence-electron chi connectivity index (χ4n) is 3.28. The number of rotatable bonds is 6. The molecule has 0 radical (unpaired) electrons. The lowest BCUT2D eigenvalue weighted by atomic mass is 9.90. The van der Waals surface area contributed by atoms with Gasteiger partial charge in [0.05, 0.1) is 0 Å². The van der Waals surface area contributed by atoms with Crippen LogP contribution in [0.25, 0.3) is 10.8 Å². The summed E-state index contributed by atoms with van der Waals surface area (Å²) < 4.78 is 0.742. The number of aromatic nitrogens is 2. The van der Waals surface area contributed by atoms with E-state index in [-0.39, 0.29) is 0 Å². The van der Waals surface area contributed by atoms with Crippen molar-refractivity contribution in [3.63, 3.8) is 0 Å². The number of anilines is 1. The van der Waals surface area contributed by atoms with Gasteiger partial charge in [-0.3, -0.25) is 19.8 Å². The molecule has 2 N–H and O–H groups in total. The molecule has 0 aliphatic carbocycles. The molecule has 30 heavy (non-hydrogen) atoms. The second kappa shape index (κ2) is 8.04. The van der Waals surface area contributed by atoms with Crippen molar-refractivity contribution in [1.82, 2.24) is 20.4 Å². The molecular weight excluding hydrogens is 422 g/mol. The van der Waals surface area contributed by atoms with Gasteiger partial charge in [0.15, 0.2) is 4.34 Å². The standard InChI is InChI=1S/C20H19N5O3S2/c1-3-29-19-24-23-17(30-19)21-15(26)11-25-16(27)20(2,22-18(25)28)14-9-8-12-6-4-5-7-13(12)10-14/h4-10H,3,11H2,1-2H3,(H,22,28)(H,21,23,26). The van der Waals surface area contributed by atoms with Crippen LogP contribution >= 0.6 is 23.1 Å². The number of imide groups is 1. The smallest absolute Gasteiger partial charge is 0.319 e. The molecule has 0 saturated carbocycles. The van der Waals surface area contributed by atoms with Gasteiger partial charge in [0, 0.05) is 0 Å². The Morgan fingerprint density at radius 1 is 1.20 bits per heavy atom. The number of nitrogens with one attached hydrogen (secondary N) is 2. The van der Waals surface area contributed by atoms with Gasteiger partial charge in [-0.1, -0.05) is 66.4 Å². The predicted molar refractivity (Wildman–Crippen MR) is 116 cm³/mol. The topological polar surface area (TPSA) is 104 Å². The lowest BCUT2D eigenvalue weighted by molar-refractivity contribution is -0.133. The maximum atomic E-state index is 13.1. The van der Waals surface area contributed by atoms with Gasteiger partial charge in [0.1, 0.15) is 12.1 Å². The molecule has 1 aliphatic rings. The Bertz CT molecular complexity index is 1150. The van der Waals surface area contributed by atoms with Crippen molar-refractivity contribution in [3.05, 3.63) is 48.0 Å². The van der Waals surface area contributed by atoms with E-state index in [1.807, 2.05) is 49.4 Å². The van der Waals surface area contributed by atoms with Gasteiger partial charge in [0.2, 0.25) is 11.0 Å². The highest BCUT2D eigenvalue weighted by Crippen LogP contribution is 2.31. The number of carbonyl (C=O) groups excluding carboxylic acids is 3. The summed E-state index contributed by atoms with van der Waals surface area (Å²) in [5.41, 5.74) is -0.581. The van der Waals surface area contributed by atoms with Gasteiger partial charge in [-0.2, -0.15) is 0 Å². The molecule has 8 nitrogen and oxygen atoms in total. The van der Waals surface area contributed by atoms with Crippen LogP contribution in [0.5, 0.6) is 0 Å². The Kier molecular flexibility index (Phi) is 5.44. The van der Waals surface area contributed by atoms with Gasteiger partial charge in [-0.25, -0.2) is 4.79 Å². The number of hydrogen-bond acceptors (Lipinski definition) is 7. The summed E-state index contributed by atoms with van der Waals surface area (Å²) in [6.45, 7) is 3.24. The SMILES string of the molecule is CCSc1nnc(NC(=O)CN2C(=O)NC(C)(c3ccc4ccccc4c3)C2=O)s1. The maximum Gasteiger partial charge on any atom is 0.325 e. The fourth-order valence-corrected chi connectivity index (χ4v) is 4.95. The number of carbonyl (C=O) groups is 3. The van der Waals surface area contributed by atoms with Crippen LogP contribution in [0, 0.1) is 0 Å². The van der Waals surface area contributed by atoms with Gasteiger partial charge >= 0.3 is 6.03 Å². The molecule has 1 saturated heterocycles. The summed E-state index contributed by atoms with van der Waals surface area (Å²) in [5.74, 6) is -0.138. The Hall–Kier alpha value is -2.98. The second-order valence-corrected chi connectivity index (χ2v) is 9.35. The first-order chi connectivity index (χ1) is 14.4. The van der Waals surface area contributed by atoms with E-state index in [1.54, 1.807) is 6.92 Å². The Balaban J connectivity index is 1.50. The van der Waals surface area contributed by atoms with Gasteiger partial charge in [0.25, 0.3) is 5.91 Å². The van der Waals surface area contributed by atoms with Crippen molar-refractivity contribution in [2.75, 3.05) is 17.6 Å². The summed E-state index contributed by atoms with van der Waals surface area (Å²) >= 11 is 2.77. The number of urea groups is 1. The zero-order valence-corrected chi connectivity index (χ0v) is 18.0. The van der Waals surface area contributed by atoms with Crippen molar-refractivity contribution in [2.45, 2.75) is 23.7 Å². The number of nitrogens with zero attached hydrogens (tertiary/aromatic N) is 3. The molecule has 1 atom stereocenters. The molecule has 1 aliphatic heterocycles. The Morgan fingerprint density at radius 2 is 1.97 bits per heavy atom. The zero-order valence-electron chi connectivity index (χ0n) is 16.3. The Morgan fingerprint density at radius 3 is 2.73 bits per heavy atom. The number of fused-ring (bicyclic) bond motifs is 1. The van der Waals surface area contributed by atoms with Crippen LogP contribution < -0.4 is 10.6 Å². The highest BCUT2D eigenvalue weighted by atomic mass is 32.2. The van der Waals surface area contributed by atoms with E-state index in [9.17, 15) is 14.4 Å². The van der Waals surface area contributed by atoms with Crippen LogP contribution in [0.15, 0.2) is 46.8 Å². The molecule has 2 aromatic carbocycles. The monoisotopic (exact) mass is 441 g/mol. The molecule has 10 heteroatoms. The minimum Gasteiger partial charge on any atom is -0.319 e. The molecule has 154 valence electrons. The van der Waals surface area contributed by atoms with Crippen LogP contribution in [0.1, 0.15) is 19.4 Å². The minimum absolute atomic E-state index is 0.334. The van der Waals surface area contributed by atoms with Gasteiger partial charge < -0.3 is 5.32 Å². The van der Waals surface area contributed by atoms with Crippen LogP contribution in [-0.2, 0) is 15.1 Å². The third kappa shape index (κ3) is 3.75. The average Bonchev–Trinajstić information content (AvgIpc) is 3.25. The van der Waals surface area contributed by atoms with Crippen molar-refractivity contribution in [1.29, 1.82) is 0 Å². The number of thioether (sulfide) groups is 1. The summed E-state index contributed by atoms with van der Waals surface area (Å²) in [5, 5.41) is 15.5. The van der Waals surface area contributed by atoms with E-state index < -0.39 is 29.9 Å². The molecule has 3 aromatic rings. The quantitative estimate of drug-likeness (QED) is 0.346. The average molecular weight is 442 g/mol. The van der Waals surface area contributed by atoms with E-state index >= 15 is 0 Å². The van der Waals surface area contributed by atoms with E-state index in [0.29, 0.717) is 10.7 Å². The second-order valence-electron chi connectivity index (χ2n) is 6.86. The zero-order chi connectivity index (χ0) is 21.3. The number of benzene rings is 2. The summed E-state index contributed by atoms with van der Waals surface area (Å²) in [6, 6.07) is 12.8. The molecule has 2 heterocycles. The van der Waals surface area contributed by atoms with Crippen molar-refractivity contribution in [2.24, 2.45) is 0 Å². The molecule has 0 bridgehead atoms. The minimum atomic E-state index is -1.24. The highest BCUT2D eigenvalue weighted by Gasteiger charge is 2.49. The normalized spacial score (nSPS) is 18.7. The van der Waals surface area contributed by atoms with Crippen LogP contribution in [0.2, 0.25) is 0 Å². The van der Waals surface area contributed by atoms with Gasteiger partial charge in [-0.15, -0.1) is 10.2 Å². The van der Waals surface area contributed by atoms with E-state index in [2.05, 4.69) is 20.8 Å². The molecule has 1 fully saturated rings. The third-order valence-corrected chi connectivity index (χ3v) is 6.68. The largest absolute Gasteiger partial charge is 0.325 e. The van der Waals surface area contributed by atoms with Crippen molar-refractivity contribution in [3.8, 4) is 0 Å². The van der Waals surface area contributed by atoms with E-state index in [4.69, 9.17) is 0 Å². The van der Waals surface area contributed by atoms with Crippen molar-refractivity contribution >= 4 is 56.8 Å². The molecular formula is C20H19N5O3S2. The van der Waals surface area contributed by atoms with Crippen LogP contribution in [0.4, 0.5) is 9.93 Å². The first-order valence-corrected chi connectivity index (χ1v) is 11.1. The maximum absolute atomic E-state index is 13.1. The number of amides is 4. The molecule has 1 unspecified atom stereocenters. The lowest BCUT2D eigenvalue weighted by Crippen LogP contribution is -2.42. The molecule has 4 amide bonds. The fraction of sp³-hybridized carbons (Fsp3) is 0.250. The van der Waals surface area contributed by atoms with E-state index in [0.717, 1.165) is 25.8 Å². The summed E-state index contributed by atoms with van der Waals surface area (Å²) in [6.07, 6.45) is 0. The first-order valence-electron chi connectivity index (χ1n) is 9.30. The summed E-state index contributed by atoms with van der Waals surface area (Å²) in [7, 11) is 0. The van der Waals surface area contributed by atoms with Crippen LogP contribution in [-0.4, -0.2) is 45.2 Å². The highest BCUT2D eigenvalue weighted by molar-refractivity contribution is 8.01.